The van der Waals surface area contributed by atoms with Crippen LogP contribution < -0.4 is 0 Å². The van der Waals surface area contributed by atoms with E-state index in [2.05, 4.69) is 32.7 Å². The molecule has 0 rings (SSSR count). The number of unbranched alkanes of at least 4 members (excludes halogenated alkanes) is 2. The van der Waals surface area contributed by atoms with E-state index in [-0.39, 0.29) is 0 Å². The molecule has 0 unspecified atom stereocenters. The molecule has 0 aromatic rings. The van der Waals surface area contributed by atoms with E-state index in [1.165, 1.54) is 25.3 Å². The summed E-state index contributed by atoms with van der Waals surface area (Å²) in [6.07, 6.45) is 4.02. The van der Waals surface area contributed by atoms with Crippen molar-refractivity contribution in [1.82, 2.24) is 0 Å². The van der Waals surface area contributed by atoms with Crippen molar-refractivity contribution in [2.24, 2.45) is 0 Å². The van der Waals surface area contributed by atoms with E-state index >= 15 is 0 Å². The lowest BCUT2D eigenvalue weighted by atomic mass is 10.3. The average molecular weight is 247 g/mol. The minimum atomic E-state index is -0.878. The molecule has 0 aliphatic rings. The third-order valence-corrected chi connectivity index (χ3v) is 12.5. The molecule has 0 heterocycles. The third-order valence-electron chi connectivity index (χ3n) is 2.71. The molecule has 0 radical (unpaired) electrons. The highest BCUT2D eigenvalue weighted by Gasteiger charge is 2.27. The number of hydrogen-bond donors (Lipinski definition) is 0. The van der Waals surface area contributed by atoms with Crippen LogP contribution in [0.15, 0.2) is 0 Å². The van der Waals surface area contributed by atoms with Gasteiger partial charge in [0.2, 0.25) is 0 Å². The van der Waals surface area contributed by atoms with Gasteiger partial charge in [-0.3, -0.25) is 0 Å². The average Bonchev–Trinajstić information content (AvgIpc) is 1.99. The van der Waals surface area contributed by atoms with Crippen molar-refractivity contribution in [1.29, 1.82) is 0 Å². The minimum absolute atomic E-state index is 0.831. The zero-order chi connectivity index (χ0) is 11.9. The van der Waals surface area contributed by atoms with Crippen molar-refractivity contribution in [2.45, 2.75) is 63.7 Å². The lowest BCUT2D eigenvalue weighted by molar-refractivity contribution is 0.192. The van der Waals surface area contributed by atoms with E-state index in [9.17, 15) is 0 Å². The lowest BCUT2D eigenvalue weighted by Crippen LogP contribution is -2.37. The van der Waals surface area contributed by atoms with E-state index in [1.54, 1.807) is 12.8 Å². The molecule has 3 heteroatoms. The predicted octanol–water partition coefficient (Wildman–Crippen LogP) is 4.39. The van der Waals surface area contributed by atoms with Gasteiger partial charge in [0.25, 0.3) is 0 Å². The molecule has 0 saturated heterocycles. The Bertz CT molecular complexity index is 161. The SMILES string of the molecule is COCCCCC[Si](C)(C)C[Si](C)(C)C. The van der Waals surface area contributed by atoms with Gasteiger partial charge in [-0.1, -0.05) is 57.3 Å². The molecule has 0 N–H and O–H groups in total. The summed E-state index contributed by atoms with van der Waals surface area (Å²) in [5, 5.41) is 0. The second-order valence-electron chi connectivity index (χ2n) is 6.71. The predicted molar refractivity (Wildman–Crippen MR) is 76.2 cm³/mol. The molecule has 92 valence electrons. The summed E-state index contributed by atoms with van der Waals surface area (Å²) in [5.41, 5.74) is 1.59. The van der Waals surface area contributed by atoms with Gasteiger partial charge in [-0.05, 0) is 6.42 Å². The van der Waals surface area contributed by atoms with Gasteiger partial charge in [0.1, 0.15) is 0 Å². The van der Waals surface area contributed by atoms with Crippen molar-refractivity contribution < 1.29 is 4.74 Å². The van der Waals surface area contributed by atoms with Crippen LogP contribution in [0, 0.1) is 0 Å². The first-order valence-corrected chi connectivity index (χ1v) is 13.4. The summed E-state index contributed by atoms with van der Waals surface area (Å²) in [4.78, 5) is 0. The second-order valence-corrected chi connectivity index (χ2v) is 18.1. The maximum Gasteiger partial charge on any atom is 0.0462 e. The molecule has 0 aromatic heterocycles. The zero-order valence-corrected chi connectivity index (χ0v) is 13.7. The second kappa shape index (κ2) is 6.87. The number of methoxy groups -OCH3 is 1. The highest BCUT2D eigenvalue weighted by molar-refractivity contribution is 6.94. The Morgan fingerprint density at radius 1 is 0.867 bits per heavy atom. The minimum Gasteiger partial charge on any atom is -0.385 e. The van der Waals surface area contributed by atoms with Gasteiger partial charge >= 0.3 is 0 Å². The Labute approximate surface area is 98.6 Å². The molecule has 0 spiro atoms. The fraction of sp³-hybridized carbons (Fsp3) is 1.00. The Morgan fingerprint density at radius 2 is 1.47 bits per heavy atom. The van der Waals surface area contributed by atoms with E-state index in [0.29, 0.717) is 0 Å². The maximum atomic E-state index is 5.07. The summed E-state index contributed by atoms with van der Waals surface area (Å²) >= 11 is 0. The fourth-order valence-electron chi connectivity index (χ4n) is 2.55. The number of ether oxygens (including phenoxy) is 1. The molecule has 0 aromatic carbocycles. The first kappa shape index (κ1) is 15.4. The molecular weight excluding hydrogens is 216 g/mol. The summed E-state index contributed by atoms with van der Waals surface area (Å²) in [5.74, 6) is 0. The maximum absolute atomic E-state index is 5.07. The Hall–Kier alpha value is 0.394. The smallest absolute Gasteiger partial charge is 0.0462 e. The largest absolute Gasteiger partial charge is 0.385 e. The van der Waals surface area contributed by atoms with Crippen LogP contribution in [0.4, 0.5) is 0 Å². The van der Waals surface area contributed by atoms with Crippen LogP contribution in [0.25, 0.3) is 0 Å². The third kappa shape index (κ3) is 10.7. The van der Waals surface area contributed by atoms with Crippen LogP contribution >= 0.6 is 0 Å². The molecule has 0 bridgehead atoms. The zero-order valence-electron chi connectivity index (χ0n) is 11.7. The Morgan fingerprint density at radius 3 is 1.93 bits per heavy atom. The summed E-state index contributed by atoms with van der Waals surface area (Å²) < 4.78 is 5.07. The van der Waals surface area contributed by atoms with Gasteiger partial charge in [0.15, 0.2) is 0 Å². The van der Waals surface area contributed by atoms with Gasteiger partial charge in [-0.25, -0.2) is 0 Å². The highest BCUT2D eigenvalue weighted by atomic mass is 28.4. The van der Waals surface area contributed by atoms with Crippen molar-refractivity contribution in [3.63, 3.8) is 0 Å². The van der Waals surface area contributed by atoms with E-state index in [4.69, 9.17) is 4.74 Å². The molecule has 0 aliphatic heterocycles. The van der Waals surface area contributed by atoms with Crippen LogP contribution in [-0.2, 0) is 4.74 Å². The van der Waals surface area contributed by atoms with Gasteiger partial charge in [-0.2, -0.15) is 0 Å². The first-order valence-electron chi connectivity index (χ1n) is 6.26. The molecular formula is C12H30OSi2. The molecule has 15 heavy (non-hydrogen) atoms. The van der Waals surface area contributed by atoms with Crippen LogP contribution in [0.3, 0.4) is 0 Å². The lowest BCUT2D eigenvalue weighted by Gasteiger charge is -2.29. The standard InChI is InChI=1S/C12H30OSi2/c1-13-10-8-7-9-11-15(5,6)12-14(2,3)4/h7-12H2,1-6H3. The molecule has 1 nitrogen and oxygen atoms in total. The first-order chi connectivity index (χ1) is 6.77. The number of rotatable bonds is 8. The monoisotopic (exact) mass is 246 g/mol. The normalized spacial score (nSPS) is 13.2. The summed E-state index contributed by atoms with van der Waals surface area (Å²) in [6.45, 7) is 13.6. The van der Waals surface area contributed by atoms with Gasteiger partial charge in [0.05, 0.1) is 0 Å². The molecule has 0 saturated carbocycles. The van der Waals surface area contributed by atoms with Crippen LogP contribution in [-0.4, -0.2) is 29.9 Å². The van der Waals surface area contributed by atoms with Gasteiger partial charge in [0, 0.05) is 29.9 Å². The molecule has 0 atom stereocenters. The van der Waals surface area contributed by atoms with E-state index < -0.39 is 16.1 Å². The summed E-state index contributed by atoms with van der Waals surface area (Å²) in [6, 6.07) is 1.51. The van der Waals surface area contributed by atoms with Gasteiger partial charge < -0.3 is 4.74 Å². The molecule has 0 aliphatic carbocycles. The molecule has 0 fully saturated rings. The van der Waals surface area contributed by atoms with Crippen LogP contribution in [0.5, 0.6) is 0 Å². The van der Waals surface area contributed by atoms with Crippen molar-refractivity contribution in [3.8, 4) is 0 Å². The van der Waals surface area contributed by atoms with E-state index in [0.717, 1.165) is 6.61 Å². The Balaban J connectivity index is 3.65. The highest BCUT2D eigenvalue weighted by Crippen LogP contribution is 2.25. The van der Waals surface area contributed by atoms with Crippen molar-refractivity contribution in [2.75, 3.05) is 13.7 Å². The number of hydrogen-bond acceptors (Lipinski definition) is 1. The fourth-order valence-corrected chi connectivity index (χ4v) is 16.0. The topological polar surface area (TPSA) is 9.23 Å². The van der Waals surface area contributed by atoms with Gasteiger partial charge in [-0.15, -0.1) is 0 Å². The van der Waals surface area contributed by atoms with Crippen molar-refractivity contribution in [3.05, 3.63) is 0 Å². The van der Waals surface area contributed by atoms with E-state index in [1.807, 2.05) is 0 Å². The van der Waals surface area contributed by atoms with Crippen molar-refractivity contribution >= 4 is 16.1 Å². The Kier molecular flexibility index (Phi) is 7.05. The molecule has 0 amide bonds. The quantitative estimate of drug-likeness (QED) is 0.456. The summed E-state index contributed by atoms with van der Waals surface area (Å²) in [7, 11) is 0.0865. The van der Waals surface area contributed by atoms with Crippen LogP contribution in [0.2, 0.25) is 44.4 Å². The van der Waals surface area contributed by atoms with Crippen LogP contribution in [0.1, 0.15) is 19.3 Å².